The molecule has 1 aromatic heterocycles. The summed E-state index contributed by atoms with van der Waals surface area (Å²) in [5, 5.41) is 16.6. The first-order chi connectivity index (χ1) is 11.9. The molecule has 1 aliphatic carbocycles. The Labute approximate surface area is 145 Å². The zero-order valence-electron chi connectivity index (χ0n) is 14.4. The first-order valence-corrected chi connectivity index (χ1v) is 8.91. The van der Waals surface area contributed by atoms with E-state index in [9.17, 15) is 18.7 Å². The van der Waals surface area contributed by atoms with E-state index in [4.69, 9.17) is 4.74 Å². The van der Waals surface area contributed by atoms with Gasteiger partial charge in [0.25, 0.3) is 5.91 Å². The molecule has 1 aromatic rings. The van der Waals surface area contributed by atoms with Gasteiger partial charge in [0.05, 0.1) is 5.69 Å². The van der Waals surface area contributed by atoms with Crippen molar-refractivity contribution in [1.29, 1.82) is 0 Å². The molecule has 0 spiro atoms. The Kier molecular flexibility index (Phi) is 5.11. The van der Waals surface area contributed by atoms with Crippen molar-refractivity contribution in [3.63, 3.8) is 0 Å². The molecule has 1 amide bonds. The summed E-state index contributed by atoms with van der Waals surface area (Å²) in [6.45, 7) is 3.25. The molecule has 2 N–H and O–H groups in total. The molecular weight excluding hydrogens is 332 g/mol. The number of aryl methyl sites for hydroxylation is 1. The summed E-state index contributed by atoms with van der Waals surface area (Å²) in [5.74, 6) is -5.27. The monoisotopic (exact) mass is 357 g/mol. The standard InChI is InChI=1S/C17H25F2N3O3/c1-2-22-13(5-9-21-22)14-12(6-10-25-14)11-20-15(23)17(18,19)16(24)7-3-4-8-16/h5,9,12,14,24H,2-4,6-8,10-11H2,1H3,(H,20,23)/t12-,14+/m0/s1. The van der Waals surface area contributed by atoms with Crippen LogP contribution >= 0.6 is 0 Å². The number of halogens is 2. The van der Waals surface area contributed by atoms with Crippen LogP contribution in [0.4, 0.5) is 8.78 Å². The molecular formula is C17H25F2N3O3. The summed E-state index contributed by atoms with van der Waals surface area (Å²) < 4.78 is 36.3. The minimum atomic E-state index is -3.77. The molecule has 3 rings (SSSR count). The van der Waals surface area contributed by atoms with Gasteiger partial charge in [-0.2, -0.15) is 13.9 Å². The maximum absolute atomic E-state index is 14.4. The van der Waals surface area contributed by atoms with Crippen molar-refractivity contribution < 1.29 is 23.4 Å². The van der Waals surface area contributed by atoms with Gasteiger partial charge >= 0.3 is 5.92 Å². The number of rotatable bonds is 6. The van der Waals surface area contributed by atoms with Crippen molar-refractivity contribution in [2.24, 2.45) is 5.92 Å². The fourth-order valence-corrected chi connectivity index (χ4v) is 3.84. The van der Waals surface area contributed by atoms with Gasteiger partial charge in [-0.05, 0) is 32.3 Å². The van der Waals surface area contributed by atoms with E-state index >= 15 is 0 Å². The molecule has 0 radical (unpaired) electrons. The lowest BCUT2D eigenvalue weighted by atomic mass is 9.92. The van der Waals surface area contributed by atoms with Crippen LogP contribution in [-0.4, -0.2) is 45.5 Å². The van der Waals surface area contributed by atoms with Crippen LogP contribution in [0.5, 0.6) is 0 Å². The number of nitrogens with one attached hydrogen (secondary N) is 1. The molecule has 2 heterocycles. The zero-order valence-corrected chi connectivity index (χ0v) is 14.4. The highest BCUT2D eigenvalue weighted by atomic mass is 19.3. The van der Waals surface area contributed by atoms with Crippen molar-refractivity contribution in [2.75, 3.05) is 13.2 Å². The van der Waals surface area contributed by atoms with Crippen LogP contribution in [0, 0.1) is 5.92 Å². The van der Waals surface area contributed by atoms with Gasteiger partial charge in [-0.25, -0.2) is 0 Å². The van der Waals surface area contributed by atoms with Crippen LogP contribution in [0.25, 0.3) is 0 Å². The lowest BCUT2D eigenvalue weighted by molar-refractivity contribution is -0.191. The second kappa shape index (κ2) is 6.99. The Morgan fingerprint density at radius 3 is 2.92 bits per heavy atom. The van der Waals surface area contributed by atoms with Crippen LogP contribution in [0.2, 0.25) is 0 Å². The SMILES string of the molecule is CCn1nccc1[C@@H]1OCC[C@H]1CNC(=O)C(F)(F)C1(O)CCCC1. The first-order valence-electron chi connectivity index (χ1n) is 8.91. The number of aromatic nitrogens is 2. The van der Waals surface area contributed by atoms with Gasteiger partial charge in [-0.1, -0.05) is 12.8 Å². The quantitative estimate of drug-likeness (QED) is 0.817. The number of carbonyl (C=O) groups is 1. The van der Waals surface area contributed by atoms with Crippen molar-refractivity contribution >= 4 is 5.91 Å². The molecule has 0 unspecified atom stereocenters. The Hall–Kier alpha value is -1.54. The van der Waals surface area contributed by atoms with Crippen molar-refractivity contribution in [2.45, 2.75) is 63.2 Å². The average molecular weight is 357 g/mol. The fraction of sp³-hybridized carbons (Fsp3) is 0.765. The molecule has 1 aliphatic heterocycles. The average Bonchev–Trinajstić information content (AvgIpc) is 3.32. The topological polar surface area (TPSA) is 76.4 Å². The Bertz CT molecular complexity index is 614. The highest BCUT2D eigenvalue weighted by molar-refractivity contribution is 5.84. The molecule has 2 aliphatic rings. The maximum atomic E-state index is 14.4. The van der Waals surface area contributed by atoms with E-state index in [-0.39, 0.29) is 31.4 Å². The highest BCUT2D eigenvalue weighted by Gasteiger charge is 2.59. The number of aliphatic hydroxyl groups is 1. The van der Waals surface area contributed by atoms with Crippen LogP contribution in [0.15, 0.2) is 12.3 Å². The minimum Gasteiger partial charge on any atom is -0.383 e. The second-order valence-electron chi connectivity index (χ2n) is 6.94. The van der Waals surface area contributed by atoms with Gasteiger partial charge in [0, 0.05) is 31.8 Å². The normalized spacial score (nSPS) is 26.1. The molecule has 140 valence electrons. The van der Waals surface area contributed by atoms with Gasteiger partial charge in [-0.3, -0.25) is 9.48 Å². The third kappa shape index (κ3) is 3.29. The maximum Gasteiger partial charge on any atom is 0.352 e. The number of amides is 1. The number of hydrogen-bond acceptors (Lipinski definition) is 4. The molecule has 1 saturated heterocycles. The third-order valence-corrected chi connectivity index (χ3v) is 5.38. The van der Waals surface area contributed by atoms with Crippen LogP contribution < -0.4 is 5.32 Å². The van der Waals surface area contributed by atoms with Crippen molar-refractivity contribution in [1.82, 2.24) is 15.1 Å². The Morgan fingerprint density at radius 1 is 1.52 bits per heavy atom. The number of ether oxygens (including phenoxy) is 1. The van der Waals surface area contributed by atoms with Gasteiger partial charge in [0.1, 0.15) is 11.7 Å². The Balaban J connectivity index is 1.63. The fourth-order valence-electron chi connectivity index (χ4n) is 3.84. The molecule has 8 heteroatoms. The van der Waals surface area contributed by atoms with Gasteiger partial charge in [0.2, 0.25) is 0 Å². The largest absolute Gasteiger partial charge is 0.383 e. The second-order valence-corrected chi connectivity index (χ2v) is 6.94. The van der Waals surface area contributed by atoms with Gasteiger partial charge < -0.3 is 15.2 Å². The van der Waals surface area contributed by atoms with Crippen molar-refractivity contribution in [3.8, 4) is 0 Å². The van der Waals surface area contributed by atoms with E-state index in [2.05, 4.69) is 10.4 Å². The van der Waals surface area contributed by atoms with E-state index in [0.29, 0.717) is 32.4 Å². The number of hydrogen-bond donors (Lipinski definition) is 2. The summed E-state index contributed by atoms with van der Waals surface area (Å²) in [6.07, 6.45) is 3.02. The lowest BCUT2D eigenvalue weighted by Gasteiger charge is -2.31. The zero-order chi connectivity index (χ0) is 18.1. The molecule has 0 bridgehead atoms. The Morgan fingerprint density at radius 2 is 2.24 bits per heavy atom. The molecule has 2 atom stereocenters. The van der Waals surface area contributed by atoms with E-state index in [0.717, 1.165) is 5.69 Å². The number of carbonyl (C=O) groups excluding carboxylic acids is 1. The molecule has 0 aromatic carbocycles. The summed E-state index contributed by atoms with van der Waals surface area (Å²) in [4.78, 5) is 12.1. The summed E-state index contributed by atoms with van der Waals surface area (Å²) >= 11 is 0. The van der Waals surface area contributed by atoms with Crippen molar-refractivity contribution in [3.05, 3.63) is 18.0 Å². The molecule has 2 fully saturated rings. The smallest absolute Gasteiger partial charge is 0.352 e. The van der Waals surface area contributed by atoms with Crippen LogP contribution in [0.1, 0.15) is 50.8 Å². The third-order valence-electron chi connectivity index (χ3n) is 5.38. The minimum absolute atomic E-state index is 0.0434. The summed E-state index contributed by atoms with van der Waals surface area (Å²) in [7, 11) is 0. The van der Waals surface area contributed by atoms with Gasteiger partial charge in [-0.15, -0.1) is 0 Å². The highest BCUT2D eigenvalue weighted by Crippen LogP contribution is 2.42. The lowest BCUT2D eigenvalue weighted by Crippen LogP contribution is -2.56. The summed E-state index contributed by atoms with van der Waals surface area (Å²) in [6, 6.07) is 1.85. The first kappa shape index (κ1) is 18.3. The predicted molar refractivity (Wildman–Crippen MR) is 86.1 cm³/mol. The predicted octanol–water partition coefficient (Wildman–Crippen LogP) is 2.04. The number of alkyl halides is 2. The van der Waals surface area contributed by atoms with E-state index in [1.54, 1.807) is 10.9 Å². The number of nitrogens with zero attached hydrogens (tertiary/aromatic N) is 2. The molecule has 1 saturated carbocycles. The van der Waals surface area contributed by atoms with E-state index in [1.165, 1.54) is 0 Å². The summed E-state index contributed by atoms with van der Waals surface area (Å²) in [5.41, 5.74) is -1.33. The van der Waals surface area contributed by atoms with Gasteiger partial charge in [0.15, 0.2) is 0 Å². The van der Waals surface area contributed by atoms with E-state index in [1.807, 2.05) is 13.0 Å². The van der Waals surface area contributed by atoms with Crippen LogP contribution in [0.3, 0.4) is 0 Å². The molecule has 25 heavy (non-hydrogen) atoms. The van der Waals surface area contributed by atoms with E-state index < -0.39 is 17.4 Å². The van der Waals surface area contributed by atoms with Crippen LogP contribution in [-0.2, 0) is 16.1 Å². The molecule has 6 nitrogen and oxygen atoms in total.